The Kier molecular flexibility index (Phi) is 2.34. The van der Waals surface area contributed by atoms with Gasteiger partial charge in [0.2, 0.25) is 0 Å². The summed E-state index contributed by atoms with van der Waals surface area (Å²) >= 11 is 0. The fourth-order valence-corrected chi connectivity index (χ4v) is 2.65. The quantitative estimate of drug-likeness (QED) is 0.665. The molecular formula is C14H16O. The molecule has 15 heavy (non-hydrogen) atoms. The van der Waals surface area contributed by atoms with Crippen molar-refractivity contribution >= 4 is 0 Å². The molecule has 1 aliphatic heterocycles. The summed E-state index contributed by atoms with van der Waals surface area (Å²) in [5.74, 6) is 1.04. The van der Waals surface area contributed by atoms with Gasteiger partial charge in [-0.2, -0.15) is 0 Å². The molecule has 1 fully saturated rings. The van der Waals surface area contributed by atoms with Crippen LogP contribution >= 0.6 is 0 Å². The maximum absolute atomic E-state index is 6.12. The van der Waals surface area contributed by atoms with Gasteiger partial charge in [-0.3, -0.25) is 0 Å². The van der Waals surface area contributed by atoms with Crippen molar-refractivity contribution in [1.29, 1.82) is 0 Å². The molecule has 3 rings (SSSR count). The SMILES string of the molecule is C1=CC([C@H]2CC[C@H](C3C=CC=C3)O2)C=C1. The smallest absolute Gasteiger partial charge is 0.0677 e. The number of allylic oxidation sites excluding steroid dienone is 4. The second-order valence-electron chi connectivity index (χ2n) is 4.48. The van der Waals surface area contributed by atoms with E-state index in [0.29, 0.717) is 24.0 Å². The summed E-state index contributed by atoms with van der Waals surface area (Å²) in [6.07, 6.45) is 20.7. The Labute approximate surface area is 90.8 Å². The van der Waals surface area contributed by atoms with E-state index in [0.717, 1.165) is 0 Å². The van der Waals surface area contributed by atoms with Gasteiger partial charge in [-0.25, -0.2) is 0 Å². The van der Waals surface area contributed by atoms with Gasteiger partial charge in [-0.15, -0.1) is 0 Å². The predicted octanol–water partition coefficient (Wildman–Crippen LogP) is 3.02. The van der Waals surface area contributed by atoms with E-state index >= 15 is 0 Å². The van der Waals surface area contributed by atoms with E-state index in [1.54, 1.807) is 0 Å². The molecule has 3 aliphatic rings. The Balaban J connectivity index is 1.63. The van der Waals surface area contributed by atoms with Gasteiger partial charge in [0.05, 0.1) is 12.2 Å². The molecule has 0 bridgehead atoms. The second-order valence-corrected chi connectivity index (χ2v) is 4.48. The first kappa shape index (κ1) is 9.17. The lowest BCUT2D eigenvalue weighted by atomic mass is 9.99. The molecule has 1 heterocycles. The zero-order valence-corrected chi connectivity index (χ0v) is 8.75. The van der Waals surface area contributed by atoms with Crippen LogP contribution in [0.2, 0.25) is 0 Å². The Morgan fingerprint density at radius 3 is 1.47 bits per heavy atom. The molecule has 1 heteroatoms. The molecule has 0 amide bonds. The fraction of sp³-hybridized carbons (Fsp3) is 0.429. The average Bonchev–Trinajstić information content (AvgIpc) is 3.02. The van der Waals surface area contributed by atoms with E-state index in [1.165, 1.54) is 12.8 Å². The van der Waals surface area contributed by atoms with Crippen LogP contribution < -0.4 is 0 Å². The number of ether oxygens (including phenoxy) is 1. The molecule has 0 spiro atoms. The first-order valence-electron chi connectivity index (χ1n) is 5.79. The van der Waals surface area contributed by atoms with E-state index in [4.69, 9.17) is 4.74 Å². The molecular weight excluding hydrogens is 184 g/mol. The van der Waals surface area contributed by atoms with E-state index in [9.17, 15) is 0 Å². The third-order valence-corrected chi connectivity index (χ3v) is 3.50. The summed E-state index contributed by atoms with van der Waals surface area (Å²) < 4.78 is 6.12. The number of hydrogen-bond acceptors (Lipinski definition) is 1. The molecule has 0 unspecified atom stereocenters. The zero-order valence-electron chi connectivity index (χ0n) is 8.75. The van der Waals surface area contributed by atoms with Crippen molar-refractivity contribution in [3.63, 3.8) is 0 Å². The summed E-state index contributed by atoms with van der Waals surface area (Å²) in [6, 6.07) is 0. The van der Waals surface area contributed by atoms with E-state index < -0.39 is 0 Å². The van der Waals surface area contributed by atoms with Gasteiger partial charge in [0.1, 0.15) is 0 Å². The van der Waals surface area contributed by atoms with Crippen molar-refractivity contribution in [2.45, 2.75) is 25.0 Å². The monoisotopic (exact) mass is 200 g/mol. The van der Waals surface area contributed by atoms with E-state index in [-0.39, 0.29) is 0 Å². The lowest BCUT2D eigenvalue weighted by Crippen LogP contribution is -2.21. The van der Waals surface area contributed by atoms with Crippen molar-refractivity contribution in [3.8, 4) is 0 Å². The normalized spacial score (nSPS) is 34.9. The summed E-state index contributed by atoms with van der Waals surface area (Å²) in [5.41, 5.74) is 0. The van der Waals surface area contributed by atoms with E-state index in [2.05, 4.69) is 48.6 Å². The molecule has 0 aromatic rings. The van der Waals surface area contributed by atoms with Crippen molar-refractivity contribution in [3.05, 3.63) is 48.6 Å². The number of hydrogen-bond donors (Lipinski definition) is 0. The van der Waals surface area contributed by atoms with Crippen LogP contribution in [0.5, 0.6) is 0 Å². The Morgan fingerprint density at radius 2 is 1.07 bits per heavy atom. The Morgan fingerprint density at radius 1 is 0.667 bits per heavy atom. The minimum absolute atomic E-state index is 0.410. The second kappa shape index (κ2) is 3.82. The molecule has 0 saturated carbocycles. The molecule has 0 aromatic heterocycles. The minimum atomic E-state index is 0.410. The third-order valence-electron chi connectivity index (χ3n) is 3.50. The summed E-state index contributed by atoms with van der Waals surface area (Å²) in [4.78, 5) is 0. The van der Waals surface area contributed by atoms with E-state index in [1.807, 2.05) is 0 Å². The molecule has 2 aliphatic carbocycles. The summed E-state index contributed by atoms with van der Waals surface area (Å²) in [7, 11) is 0. The van der Waals surface area contributed by atoms with Crippen molar-refractivity contribution in [2.24, 2.45) is 11.8 Å². The summed E-state index contributed by atoms with van der Waals surface area (Å²) in [6.45, 7) is 0. The highest BCUT2D eigenvalue weighted by Crippen LogP contribution is 2.33. The van der Waals surface area contributed by atoms with Gasteiger partial charge in [0.25, 0.3) is 0 Å². The molecule has 0 aromatic carbocycles. The predicted molar refractivity (Wildman–Crippen MR) is 61.4 cm³/mol. The molecule has 0 N–H and O–H groups in total. The van der Waals surface area contributed by atoms with Crippen LogP contribution in [-0.2, 0) is 4.74 Å². The fourth-order valence-electron chi connectivity index (χ4n) is 2.65. The van der Waals surface area contributed by atoms with Gasteiger partial charge in [0, 0.05) is 11.8 Å². The van der Waals surface area contributed by atoms with Gasteiger partial charge in [-0.05, 0) is 12.8 Å². The molecule has 1 saturated heterocycles. The van der Waals surface area contributed by atoms with Crippen LogP contribution in [0, 0.1) is 11.8 Å². The van der Waals surface area contributed by atoms with Crippen molar-refractivity contribution in [1.82, 2.24) is 0 Å². The van der Waals surface area contributed by atoms with Crippen LogP contribution in [0.15, 0.2) is 48.6 Å². The maximum atomic E-state index is 6.12. The van der Waals surface area contributed by atoms with Crippen LogP contribution in [0.25, 0.3) is 0 Å². The average molecular weight is 200 g/mol. The van der Waals surface area contributed by atoms with Crippen LogP contribution in [0.3, 0.4) is 0 Å². The first-order chi connectivity index (χ1) is 7.43. The minimum Gasteiger partial charge on any atom is -0.373 e. The lowest BCUT2D eigenvalue weighted by molar-refractivity contribution is 0.0200. The maximum Gasteiger partial charge on any atom is 0.0677 e. The number of rotatable bonds is 2. The highest BCUT2D eigenvalue weighted by atomic mass is 16.5. The molecule has 0 radical (unpaired) electrons. The van der Waals surface area contributed by atoms with Crippen LogP contribution in [0.4, 0.5) is 0 Å². The van der Waals surface area contributed by atoms with Crippen molar-refractivity contribution < 1.29 is 4.74 Å². The van der Waals surface area contributed by atoms with Crippen molar-refractivity contribution in [2.75, 3.05) is 0 Å². The Bertz CT molecular complexity index is 290. The van der Waals surface area contributed by atoms with Gasteiger partial charge < -0.3 is 4.74 Å². The largest absolute Gasteiger partial charge is 0.373 e. The van der Waals surface area contributed by atoms with Crippen LogP contribution in [-0.4, -0.2) is 12.2 Å². The zero-order chi connectivity index (χ0) is 10.1. The third kappa shape index (κ3) is 1.72. The van der Waals surface area contributed by atoms with Crippen LogP contribution in [0.1, 0.15) is 12.8 Å². The highest BCUT2D eigenvalue weighted by molar-refractivity contribution is 5.22. The highest BCUT2D eigenvalue weighted by Gasteiger charge is 2.33. The topological polar surface area (TPSA) is 9.23 Å². The molecule has 78 valence electrons. The van der Waals surface area contributed by atoms with Gasteiger partial charge in [0.15, 0.2) is 0 Å². The van der Waals surface area contributed by atoms with Gasteiger partial charge >= 0.3 is 0 Å². The molecule has 1 nitrogen and oxygen atoms in total. The summed E-state index contributed by atoms with van der Waals surface area (Å²) in [5, 5.41) is 0. The first-order valence-corrected chi connectivity index (χ1v) is 5.79. The Hall–Kier alpha value is -1.08. The molecule has 2 atom stereocenters. The standard InChI is InChI=1S/C14H16O/c1-2-6-11(5-1)13-9-10-14(15-13)12-7-3-4-8-12/h1-8,11-14H,9-10H2/t13-,14-/m1/s1. The van der Waals surface area contributed by atoms with Gasteiger partial charge in [-0.1, -0.05) is 48.6 Å². The lowest BCUT2D eigenvalue weighted by Gasteiger charge is -2.19.